The van der Waals surface area contributed by atoms with E-state index in [1.165, 1.54) is 12.1 Å². The van der Waals surface area contributed by atoms with E-state index in [0.29, 0.717) is 5.69 Å². The topological polar surface area (TPSA) is 73.8 Å². The van der Waals surface area contributed by atoms with Gasteiger partial charge in [0.25, 0.3) is 5.69 Å². The normalized spacial score (nSPS) is 10.5. The highest BCUT2D eigenvalue weighted by Crippen LogP contribution is 2.23. The highest BCUT2D eigenvalue weighted by atomic mass is 16.6. The summed E-state index contributed by atoms with van der Waals surface area (Å²) in [6, 6.07) is 14.3. The van der Waals surface area contributed by atoms with Crippen molar-refractivity contribution < 1.29 is 4.92 Å². The van der Waals surface area contributed by atoms with Crippen molar-refractivity contribution >= 4 is 5.69 Å². The van der Waals surface area contributed by atoms with E-state index >= 15 is 0 Å². The van der Waals surface area contributed by atoms with Gasteiger partial charge < -0.3 is 0 Å². The molecule has 0 unspecified atom stereocenters. The van der Waals surface area contributed by atoms with E-state index in [1.807, 2.05) is 31.2 Å². The summed E-state index contributed by atoms with van der Waals surface area (Å²) >= 11 is 0. The first-order valence-corrected chi connectivity index (χ1v) is 6.38. The van der Waals surface area contributed by atoms with Crippen LogP contribution in [0.3, 0.4) is 0 Å². The van der Waals surface area contributed by atoms with Gasteiger partial charge >= 0.3 is 0 Å². The van der Waals surface area contributed by atoms with Gasteiger partial charge in [-0.05, 0) is 13.0 Å². The summed E-state index contributed by atoms with van der Waals surface area (Å²) in [6.45, 7) is 2.01. The number of aryl methyl sites for hydroxylation is 1. The van der Waals surface area contributed by atoms with Crippen molar-refractivity contribution in [2.24, 2.45) is 0 Å². The lowest BCUT2D eigenvalue weighted by Gasteiger charge is -2.06. The lowest BCUT2D eigenvalue weighted by atomic mass is 10.1. The van der Waals surface area contributed by atoms with Crippen LogP contribution < -0.4 is 0 Å². The molecular formula is C15H12N4O2. The number of nitro benzene ring substituents is 1. The second-order valence-electron chi connectivity index (χ2n) is 4.67. The zero-order valence-electron chi connectivity index (χ0n) is 11.3. The van der Waals surface area contributed by atoms with Gasteiger partial charge in [0.05, 0.1) is 22.5 Å². The molecule has 0 aliphatic heterocycles. The maximum Gasteiger partial charge on any atom is 0.271 e. The molecule has 6 heteroatoms. The predicted molar refractivity (Wildman–Crippen MR) is 78.2 cm³/mol. The molecule has 0 atom stereocenters. The highest BCUT2D eigenvalue weighted by Gasteiger charge is 2.12. The summed E-state index contributed by atoms with van der Waals surface area (Å²) < 4.78 is 1.59. The van der Waals surface area contributed by atoms with E-state index in [2.05, 4.69) is 10.3 Å². The van der Waals surface area contributed by atoms with Crippen LogP contribution in [0.5, 0.6) is 0 Å². The summed E-state index contributed by atoms with van der Waals surface area (Å²) in [6.07, 6.45) is 1.64. The maximum atomic E-state index is 10.9. The van der Waals surface area contributed by atoms with Crippen molar-refractivity contribution in [3.8, 4) is 16.9 Å². The maximum absolute atomic E-state index is 10.9. The van der Waals surface area contributed by atoms with Crippen molar-refractivity contribution in [3.05, 3.63) is 70.4 Å². The van der Waals surface area contributed by atoms with Crippen molar-refractivity contribution in [2.75, 3.05) is 0 Å². The summed E-state index contributed by atoms with van der Waals surface area (Å²) in [5.74, 6) is 0. The van der Waals surface area contributed by atoms with Crippen LogP contribution >= 0.6 is 0 Å². The molecule has 0 saturated carbocycles. The first-order valence-electron chi connectivity index (χ1n) is 6.38. The van der Waals surface area contributed by atoms with Crippen LogP contribution in [0.4, 0.5) is 5.69 Å². The van der Waals surface area contributed by atoms with Crippen molar-refractivity contribution in [1.82, 2.24) is 15.0 Å². The molecule has 0 aliphatic rings. The second-order valence-corrected chi connectivity index (χ2v) is 4.67. The zero-order valence-corrected chi connectivity index (χ0v) is 11.3. The van der Waals surface area contributed by atoms with E-state index in [9.17, 15) is 10.1 Å². The van der Waals surface area contributed by atoms with E-state index < -0.39 is 4.92 Å². The van der Waals surface area contributed by atoms with E-state index in [1.54, 1.807) is 23.0 Å². The van der Waals surface area contributed by atoms with Gasteiger partial charge in [0.2, 0.25) is 0 Å². The zero-order chi connectivity index (χ0) is 14.8. The third-order valence-corrected chi connectivity index (χ3v) is 3.18. The first-order chi connectivity index (χ1) is 10.1. The van der Waals surface area contributed by atoms with Crippen LogP contribution in [0.2, 0.25) is 0 Å². The SMILES string of the molecule is Cc1ccc(-c2cnnn2-c2cccc([N+](=O)[O-])c2)cc1. The van der Waals surface area contributed by atoms with Gasteiger partial charge in [-0.3, -0.25) is 10.1 Å². The van der Waals surface area contributed by atoms with Gasteiger partial charge in [0.1, 0.15) is 0 Å². The lowest BCUT2D eigenvalue weighted by molar-refractivity contribution is -0.384. The molecule has 3 rings (SSSR count). The Morgan fingerprint density at radius 1 is 1.14 bits per heavy atom. The smallest absolute Gasteiger partial charge is 0.258 e. The van der Waals surface area contributed by atoms with Crippen LogP contribution in [-0.4, -0.2) is 19.9 Å². The number of nitro groups is 1. The minimum atomic E-state index is -0.425. The van der Waals surface area contributed by atoms with Crippen molar-refractivity contribution in [2.45, 2.75) is 6.92 Å². The predicted octanol–water partition coefficient (Wildman–Crippen LogP) is 3.15. The first kappa shape index (κ1) is 13.0. The van der Waals surface area contributed by atoms with Crippen LogP contribution in [0.1, 0.15) is 5.56 Å². The van der Waals surface area contributed by atoms with Gasteiger partial charge in [-0.25, -0.2) is 4.68 Å². The van der Waals surface area contributed by atoms with Gasteiger partial charge in [-0.15, -0.1) is 5.10 Å². The van der Waals surface area contributed by atoms with Crippen LogP contribution in [0.15, 0.2) is 54.7 Å². The fraction of sp³-hybridized carbons (Fsp3) is 0.0667. The highest BCUT2D eigenvalue weighted by molar-refractivity contribution is 5.61. The molecule has 104 valence electrons. The quantitative estimate of drug-likeness (QED) is 0.545. The monoisotopic (exact) mass is 280 g/mol. The second kappa shape index (κ2) is 5.16. The van der Waals surface area contributed by atoms with Crippen molar-refractivity contribution in [1.29, 1.82) is 0 Å². The summed E-state index contributed by atoms with van der Waals surface area (Å²) in [7, 11) is 0. The Morgan fingerprint density at radius 3 is 2.62 bits per heavy atom. The Morgan fingerprint density at radius 2 is 1.90 bits per heavy atom. The molecule has 6 nitrogen and oxygen atoms in total. The summed E-state index contributed by atoms with van der Waals surface area (Å²) in [4.78, 5) is 10.5. The molecule has 0 saturated heterocycles. The van der Waals surface area contributed by atoms with E-state index in [-0.39, 0.29) is 5.69 Å². The van der Waals surface area contributed by atoms with E-state index in [4.69, 9.17) is 0 Å². The Kier molecular flexibility index (Phi) is 3.19. The third kappa shape index (κ3) is 2.51. The standard InChI is InChI=1S/C15H12N4O2/c1-11-5-7-12(8-6-11)15-10-16-17-18(15)13-3-2-4-14(9-13)19(20)21/h2-10H,1H3. The van der Waals surface area contributed by atoms with Gasteiger partial charge in [-0.1, -0.05) is 41.1 Å². The average Bonchev–Trinajstić information content (AvgIpc) is 2.97. The van der Waals surface area contributed by atoms with Gasteiger partial charge in [0.15, 0.2) is 0 Å². The third-order valence-electron chi connectivity index (χ3n) is 3.18. The van der Waals surface area contributed by atoms with Crippen molar-refractivity contribution in [3.63, 3.8) is 0 Å². The molecule has 2 aromatic carbocycles. The molecule has 0 radical (unpaired) electrons. The molecule has 1 aromatic heterocycles. The average molecular weight is 280 g/mol. The Hall–Kier alpha value is -3.02. The molecule has 0 aliphatic carbocycles. The molecule has 3 aromatic rings. The lowest BCUT2D eigenvalue weighted by Crippen LogP contribution is -2.00. The van der Waals surface area contributed by atoms with Gasteiger partial charge in [0, 0.05) is 17.7 Å². The van der Waals surface area contributed by atoms with Gasteiger partial charge in [-0.2, -0.15) is 0 Å². The molecule has 0 spiro atoms. The molecule has 0 fully saturated rings. The summed E-state index contributed by atoms with van der Waals surface area (Å²) in [5, 5.41) is 18.8. The fourth-order valence-electron chi connectivity index (χ4n) is 2.09. The molecule has 0 amide bonds. The van der Waals surface area contributed by atoms with Crippen LogP contribution in [-0.2, 0) is 0 Å². The fourth-order valence-corrected chi connectivity index (χ4v) is 2.09. The molecule has 21 heavy (non-hydrogen) atoms. The molecule has 0 bridgehead atoms. The molecule has 0 N–H and O–H groups in total. The van der Waals surface area contributed by atoms with Crippen LogP contribution in [0.25, 0.3) is 16.9 Å². The number of aromatic nitrogens is 3. The number of benzene rings is 2. The Balaban J connectivity index is 2.08. The Labute approximate surface area is 120 Å². The van der Waals surface area contributed by atoms with Crippen LogP contribution in [0, 0.1) is 17.0 Å². The number of hydrogen-bond donors (Lipinski definition) is 0. The Bertz CT molecular complexity index is 793. The minimum Gasteiger partial charge on any atom is -0.258 e. The van der Waals surface area contributed by atoms with E-state index in [0.717, 1.165) is 16.8 Å². The number of hydrogen-bond acceptors (Lipinski definition) is 4. The molecular weight excluding hydrogens is 268 g/mol. The summed E-state index contributed by atoms with van der Waals surface area (Å²) in [5.41, 5.74) is 3.54. The number of non-ortho nitro benzene ring substituents is 1. The molecule has 1 heterocycles. The minimum absolute atomic E-state index is 0.0258. The number of rotatable bonds is 3. The number of nitrogens with zero attached hydrogens (tertiary/aromatic N) is 4. The largest absolute Gasteiger partial charge is 0.271 e.